The van der Waals surface area contributed by atoms with Crippen molar-refractivity contribution in [2.45, 2.75) is 13.3 Å². The van der Waals surface area contributed by atoms with Crippen LogP contribution in [0.5, 0.6) is 0 Å². The molecule has 0 radical (unpaired) electrons. The van der Waals surface area contributed by atoms with Gasteiger partial charge >= 0.3 is 0 Å². The molecule has 0 saturated heterocycles. The van der Waals surface area contributed by atoms with Gasteiger partial charge in [0.2, 0.25) is 5.91 Å². The number of nitrogens with zero attached hydrogens (tertiary/aromatic N) is 1. The standard InChI is InChI=1S/C17H15N3O2/c1-11-18-15(10-17(22)19-11)20-16(21)9-13-7-4-6-12-5-2-3-8-14(12)13/h2-8,10H,9H2,1H3,(H2,18,19,20,21,22). The molecule has 3 rings (SSSR count). The van der Waals surface area contributed by atoms with Crippen LogP contribution < -0.4 is 10.9 Å². The Morgan fingerprint density at radius 1 is 1.18 bits per heavy atom. The van der Waals surface area contributed by atoms with Crippen LogP contribution in [0.25, 0.3) is 10.8 Å². The number of H-pyrrole nitrogens is 1. The summed E-state index contributed by atoms with van der Waals surface area (Å²) in [6.45, 7) is 1.67. The summed E-state index contributed by atoms with van der Waals surface area (Å²) in [5, 5.41) is 4.81. The first-order valence-electron chi connectivity index (χ1n) is 6.96. The maximum atomic E-state index is 12.2. The Morgan fingerprint density at radius 3 is 2.77 bits per heavy atom. The Hall–Kier alpha value is -2.95. The van der Waals surface area contributed by atoms with Gasteiger partial charge in [-0.15, -0.1) is 0 Å². The van der Waals surface area contributed by atoms with Crippen molar-refractivity contribution in [3.05, 3.63) is 70.3 Å². The molecule has 0 fully saturated rings. The average molecular weight is 293 g/mol. The lowest BCUT2D eigenvalue weighted by atomic mass is 10.0. The normalized spacial score (nSPS) is 10.6. The predicted octanol–water partition coefficient (Wildman–Crippen LogP) is 2.41. The summed E-state index contributed by atoms with van der Waals surface area (Å²) < 4.78 is 0. The lowest BCUT2D eigenvalue weighted by Gasteiger charge is -2.07. The fourth-order valence-corrected chi connectivity index (χ4v) is 2.45. The third-order valence-corrected chi connectivity index (χ3v) is 3.36. The molecule has 3 aromatic rings. The quantitative estimate of drug-likeness (QED) is 0.778. The van der Waals surface area contributed by atoms with Gasteiger partial charge in [-0.1, -0.05) is 42.5 Å². The summed E-state index contributed by atoms with van der Waals surface area (Å²) >= 11 is 0. The van der Waals surface area contributed by atoms with E-state index in [4.69, 9.17) is 0 Å². The summed E-state index contributed by atoms with van der Waals surface area (Å²) in [5.41, 5.74) is 0.658. The lowest BCUT2D eigenvalue weighted by Crippen LogP contribution is -2.18. The summed E-state index contributed by atoms with van der Waals surface area (Å²) in [6.07, 6.45) is 0.231. The van der Waals surface area contributed by atoms with Crippen LogP contribution in [0.3, 0.4) is 0 Å². The van der Waals surface area contributed by atoms with Gasteiger partial charge in [0.25, 0.3) is 5.56 Å². The molecule has 110 valence electrons. The number of aromatic nitrogens is 2. The summed E-state index contributed by atoms with van der Waals surface area (Å²) in [6, 6.07) is 15.1. The monoisotopic (exact) mass is 293 g/mol. The van der Waals surface area contributed by atoms with Crippen LogP contribution in [0.15, 0.2) is 53.3 Å². The van der Waals surface area contributed by atoms with Crippen molar-refractivity contribution in [3.8, 4) is 0 Å². The molecule has 1 heterocycles. The number of aromatic amines is 1. The Balaban J connectivity index is 1.83. The topological polar surface area (TPSA) is 74.8 Å². The molecule has 5 nitrogen and oxygen atoms in total. The molecule has 0 aliphatic rings. The van der Waals surface area contributed by atoms with E-state index in [2.05, 4.69) is 15.3 Å². The molecule has 0 atom stereocenters. The number of amides is 1. The van der Waals surface area contributed by atoms with Crippen LogP contribution in [-0.2, 0) is 11.2 Å². The molecule has 2 N–H and O–H groups in total. The molecule has 0 aliphatic heterocycles. The minimum atomic E-state index is -0.284. The van der Waals surface area contributed by atoms with Gasteiger partial charge in [-0.2, -0.15) is 0 Å². The second-order valence-corrected chi connectivity index (χ2v) is 5.08. The molecule has 1 aromatic heterocycles. The fourth-order valence-electron chi connectivity index (χ4n) is 2.45. The van der Waals surface area contributed by atoms with Crippen LogP contribution in [0.2, 0.25) is 0 Å². The number of hydrogen-bond donors (Lipinski definition) is 2. The largest absolute Gasteiger partial charge is 0.311 e. The number of anilines is 1. The van der Waals surface area contributed by atoms with E-state index < -0.39 is 0 Å². The molecule has 0 saturated carbocycles. The van der Waals surface area contributed by atoms with E-state index in [9.17, 15) is 9.59 Å². The van der Waals surface area contributed by atoms with Crippen molar-refractivity contribution in [3.63, 3.8) is 0 Å². The Morgan fingerprint density at radius 2 is 1.95 bits per heavy atom. The number of fused-ring (bicyclic) bond motifs is 1. The molecular weight excluding hydrogens is 278 g/mol. The van der Waals surface area contributed by atoms with Crippen molar-refractivity contribution in [2.24, 2.45) is 0 Å². The van der Waals surface area contributed by atoms with Gasteiger partial charge in [0.1, 0.15) is 11.6 Å². The molecule has 0 unspecified atom stereocenters. The maximum Gasteiger partial charge on any atom is 0.252 e. The van der Waals surface area contributed by atoms with E-state index in [1.807, 2.05) is 42.5 Å². The Labute approximate surface area is 127 Å². The van der Waals surface area contributed by atoms with Crippen molar-refractivity contribution in [1.82, 2.24) is 9.97 Å². The van der Waals surface area contributed by atoms with Gasteiger partial charge in [0.15, 0.2) is 0 Å². The minimum Gasteiger partial charge on any atom is -0.311 e. The molecule has 0 spiro atoms. The molecule has 22 heavy (non-hydrogen) atoms. The zero-order chi connectivity index (χ0) is 15.5. The number of rotatable bonds is 3. The van der Waals surface area contributed by atoms with Crippen LogP contribution >= 0.6 is 0 Å². The first kappa shape index (κ1) is 14.0. The predicted molar refractivity (Wildman–Crippen MR) is 85.9 cm³/mol. The average Bonchev–Trinajstić information content (AvgIpc) is 2.46. The van der Waals surface area contributed by atoms with E-state index in [1.54, 1.807) is 6.92 Å². The smallest absolute Gasteiger partial charge is 0.252 e. The maximum absolute atomic E-state index is 12.2. The first-order valence-corrected chi connectivity index (χ1v) is 6.96. The molecule has 1 amide bonds. The molecule has 0 bridgehead atoms. The van der Waals surface area contributed by atoms with Gasteiger partial charge in [0.05, 0.1) is 6.42 Å². The minimum absolute atomic E-state index is 0.200. The van der Waals surface area contributed by atoms with E-state index >= 15 is 0 Å². The van der Waals surface area contributed by atoms with Crippen molar-refractivity contribution in [1.29, 1.82) is 0 Å². The lowest BCUT2D eigenvalue weighted by molar-refractivity contribution is -0.115. The highest BCUT2D eigenvalue weighted by Crippen LogP contribution is 2.19. The number of carbonyl (C=O) groups is 1. The number of aryl methyl sites for hydroxylation is 1. The zero-order valence-electron chi connectivity index (χ0n) is 12.1. The third-order valence-electron chi connectivity index (χ3n) is 3.36. The van der Waals surface area contributed by atoms with Gasteiger partial charge in [-0.3, -0.25) is 9.59 Å². The van der Waals surface area contributed by atoms with Gasteiger partial charge in [-0.25, -0.2) is 4.98 Å². The van der Waals surface area contributed by atoms with Crippen LogP contribution in [0, 0.1) is 6.92 Å². The molecular formula is C17H15N3O2. The van der Waals surface area contributed by atoms with Crippen LogP contribution in [0.1, 0.15) is 11.4 Å². The third kappa shape index (κ3) is 3.03. The second kappa shape index (κ2) is 5.81. The molecule has 2 aromatic carbocycles. The van der Waals surface area contributed by atoms with E-state index in [0.717, 1.165) is 16.3 Å². The van der Waals surface area contributed by atoms with Crippen molar-refractivity contribution in [2.75, 3.05) is 5.32 Å². The summed E-state index contributed by atoms with van der Waals surface area (Å²) in [4.78, 5) is 30.2. The van der Waals surface area contributed by atoms with Crippen molar-refractivity contribution < 1.29 is 4.79 Å². The SMILES string of the molecule is Cc1nc(NC(=O)Cc2cccc3ccccc23)cc(=O)[nH]1. The highest BCUT2D eigenvalue weighted by molar-refractivity contribution is 5.95. The van der Waals surface area contributed by atoms with Gasteiger partial charge in [-0.05, 0) is 23.3 Å². The number of carbonyl (C=O) groups excluding carboxylic acids is 1. The zero-order valence-corrected chi connectivity index (χ0v) is 12.1. The number of nitrogens with one attached hydrogen (secondary N) is 2. The molecule has 0 aliphatic carbocycles. The summed E-state index contributed by atoms with van der Waals surface area (Å²) in [7, 11) is 0. The fraction of sp³-hybridized carbons (Fsp3) is 0.118. The van der Waals surface area contributed by atoms with E-state index in [-0.39, 0.29) is 23.7 Å². The van der Waals surface area contributed by atoms with Crippen LogP contribution in [0.4, 0.5) is 5.82 Å². The highest BCUT2D eigenvalue weighted by Gasteiger charge is 2.08. The first-order chi connectivity index (χ1) is 10.6. The van der Waals surface area contributed by atoms with Crippen molar-refractivity contribution >= 4 is 22.5 Å². The van der Waals surface area contributed by atoms with Gasteiger partial charge < -0.3 is 10.3 Å². The Kier molecular flexibility index (Phi) is 3.70. The number of hydrogen-bond acceptors (Lipinski definition) is 3. The number of benzene rings is 2. The summed E-state index contributed by atoms with van der Waals surface area (Å²) in [5.74, 6) is 0.535. The van der Waals surface area contributed by atoms with E-state index in [0.29, 0.717) is 5.82 Å². The van der Waals surface area contributed by atoms with E-state index in [1.165, 1.54) is 6.07 Å². The molecule has 5 heteroatoms. The second-order valence-electron chi connectivity index (χ2n) is 5.08. The van der Waals surface area contributed by atoms with Gasteiger partial charge in [0, 0.05) is 6.07 Å². The highest BCUT2D eigenvalue weighted by atomic mass is 16.1. The van der Waals surface area contributed by atoms with Crippen LogP contribution in [-0.4, -0.2) is 15.9 Å². The Bertz CT molecular complexity index is 894.